The van der Waals surface area contributed by atoms with Gasteiger partial charge in [-0.3, -0.25) is 0 Å². The van der Waals surface area contributed by atoms with Crippen molar-refractivity contribution in [2.24, 2.45) is 0 Å². The average Bonchev–Trinajstić information content (AvgIpc) is 2.63. The van der Waals surface area contributed by atoms with Crippen molar-refractivity contribution in [3.63, 3.8) is 0 Å². The van der Waals surface area contributed by atoms with Gasteiger partial charge in [-0.15, -0.1) is 0 Å². The zero-order valence-corrected chi connectivity index (χ0v) is 9.71. The van der Waals surface area contributed by atoms with E-state index in [1.165, 1.54) is 12.8 Å². The van der Waals surface area contributed by atoms with E-state index in [0.717, 1.165) is 25.4 Å². The van der Waals surface area contributed by atoms with Gasteiger partial charge < -0.3 is 5.32 Å². The molecule has 3 nitrogen and oxygen atoms in total. The Hall–Kier alpha value is -0.480. The largest absolute Gasteiger partial charge is 0.316 e. The maximum absolute atomic E-state index is 4.20. The number of hydrogen-bond acceptors (Lipinski definition) is 2. The number of aryl methyl sites for hydroxylation is 1. The third kappa shape index (κ3) is 4.15. The molecule has 0 aliphatic carbocycles. The van der Waals surface area contributed by atoms with E-state index in [4.69, 9.17) is 0 Å². The summed E-state index contributed by atoms with van der Waals surface area (Å²) >= 11 is 4.20. The van der Waals surface area contributed by atoms with Gasteiger partial charge in [-0.25, -0.2) is 9.13 Å². The molecule has 4 heteroatoms. The Morgan fingerprint density at radius 3 is 3.00 bits per heavy atom. The molecule has 1 aromatic rings. The predicted molar refractivity (Wildman–Crippen MR) is 61.6 cm³/mol. The summed E-state index contributed by atoms with van der Waals surface area (Å²) in [6.07, 6.45) is 8.82. The van der Waals surface area contributed by atoms with Crippen LogP contribution < -0.4 is 9.88 Å². The third-order valence-electron chi connectivity index (χ3n) is 2.19. The Morgan fingerprint density at radius 2 is 2.29 bits per heavy atom. The van der Waals surface area contributed by atoms with E-state index in [1.807, 2.05) is 7.05 Å². The van der Waals surface area contributed by atoms with Gasteiger partial charge in [-0.1, -0.05) is 0 Å². The fourth-order valence-electron chi connectivity index (χ4n) is 1.35. The van der Waals surface area contributed by atoms with Crippen molar-refractivity contribution in [2.45, 2.75) is 25.9 Å². The molecule has 0 saturated carbocycles. The Balaban J connectivity index is 2.27. The first-order valence-corrected chi connectivity index (χ1v) is 5.80. The van der Waals surface area contributed by atoms with Crippen molar-refractivity contribution in [1.82, 2.24) is 9.88 Å². The second-order valence-corrected chi connectivity index (χ2v) is 3.87. The van der Waals surface area contributed by atoms with Crippen LogP contribution in [0.4, 0.5) is 0 Å². The van der Waals surface area contributed by atoms with E-state index >= 15 is 0 Å². The lowest BCUT2D eigenvalue weighted by molar-refractivity contribution is -0.696. The first kappa shape index (κ1) is 11.6. The summed E-state index contributed by atoms with van der Waals surface area (Å²) in [5, 5.41) is 3.14. The van der Waals surface area contributed by atoms with Gasteiger partial charge in [0.05, 0.1) is 6.54 Å². The molecule has 14 heavy (non-hydrogen) atoms. The number of imidazole rings is 1. The van der Waals surface area contributed by atoms with Crippen LogP contribution in [-0.4, -0.2) is 23.9 Å². The minimum absolute atomic E-state index is 0.987. The highest BCUT2D eigenvalue weighted by Crippen LogP contribution is 1.91. The van der Waals surface area contributed by atoms with Crippen LogP contribution in [-0.2, 0) is 13.1 Å². The van der Waals surface area contributed by atoms with Crippen molar-refractivity contribution < 1.29 is 4.57 Å². The molecule has 1 aromatic heterocycles. The van der Waals surface area contributed by atoms with E-state index in [9.17, 15) is 0 Å². The lowest BCUT2D eigenvalue weighted by atomic mass is 10.3. The molecule has 0 aromatic carbocycles. The molecule has 0 saturated heterocycles. The zero-order chi connectivity index (χ0) is 10.2. The second kappa shape index (κ2) is 6.90. The van der Waals surface area contributed by atoms with Crippen molar-refractivity contribution in [1.29, 1.82) is 0 Å². The Kier molecular flexibility index (Phi) is 5.71. The summed E-state index contributed by atoms with van der Waals surface area (Å²) in [7, 11) is 1.98. The lowest BCUT2D eigenvalue weighted by Crippen LogP contribution is -2.31. The maximum atomic E-state index is 4.20. The fraction of sp³-hybridized carbons (Fsp3) is 0.700. The Bertz CT molecular complexity index is 247. The van der Waals surface area contributed by atoms with E-state index in [0.29, 0.717) is 0 Å². The number of rotatable bonds is 7. The van der Waals surface area contributed by atoms with Gasteiger partial charge in [0.1, 0.15) is 18.9 Å². The smallest absolute Gasteiger partial charge is 0.243 e. The normalized spacial score (nSPS) is 10.7. The highest BCUT2D eigenvalue weighted by Gasteiger charge is 2.01. The zero-order valence-electron chi connectivity index (χ0n) is 8.82. The molecule has 0 amide bonds. The van der Waals surface area contributed by atoms with Crippen LogP contribution in [0.2, 0.25) is 0 Å². The van der Waals surface area contributed by atoms with Gasteiger partial charge in [-0.05, 0) is 25.6 Å². The van der Waals surface area contributed by atoms with E-state index in [1.54, 1.807) is 0 Å². The van der Waals surface area contributed by atoms with Crippen LogP contribution in [0.5, 0.6) is 0 Å². The number of aromatic nitrogens is 2. The van der Waals surface area contributed by atoms with Crippen molar-refractivity contribution in [3.8, 4) is 0 Å². The molecule has 0 spiro atoms. The molecule has 0 bridgehead atoms. The molecule has 80 valence electrons. The molecule has 1 heterocycles. The number of unbranched alkanes of at least 4 members (excludes halogenated alkanes) is 1. The molecule has 0 aliphatic heterocycles. The number of thiol groups is 1. The van der Waals surface area contributed by atoms with E-state index < -0.39 is 0 Å². The summed E-state index contributed by atoms with van der Waals surface area (Å²) in [6.45, 7) is 3.16. The third-order valence-corrected chi connectivity index (χ3v) is 2.51. The molecule has 0 radical (unpaired) electrons. The fourth-order valence-corrected chi connectivity index (χ4v) is 1.57. The summed E-state index contributed by atoms with van der Waals surface area (Å²) in [5.41, 5.74) is 0. The van der Waals surface area contributed by atoms with Crippen molar-refractivity contribution in [3.05, 3.63) is 18.7 Å². The summed E-state index contributed by atoms with van der Waals surface area (Å²) in [6, 6.07) is 0. The van der Waals surface area contributed by atoms with Gasteiger partial charge in [-0.2, -0.15) is 12.6 Å². The monoisotopic (exact) mass is 214 g/mol. The number of nitrogens with one attached hydrogen (secondary N) is 1. The van der Waals surface area contributed by atoms with Gasteiger partial charge in [0.15, 0.2) is 0 Å². The van der Waals surface area contributed by atoms with Crippen LogP contribution in [0, 0.1) is 0 Å². The van der Waals surface area contributed by atoms with Gasteiger partial charge in [0.25, 0.3) is 0 Å². The van der Waals surface area contributed by atoms with Gasteiger partial charge >= 0.3 is 0 Å². The molecule has 0 atom stereocenters. The highest BCUT2D eigenvalue weighted by molar-refractivity contribution is 7.80. The SMILES string of the molecule is CNCCn1cc[n+](CCCCS)c1. The standard InChI is InChI=1S/C10H19N3S/c1-11-4-6-13-8-7-12(10-13)5-2-3-9-14/h7-8,10-11H,2-6,9H2,1H3/p+1. The quantitative estimate of drug-likeness (QED) is 0.389. The molecule has 0 aliphatic rings. The molecule has 0 unspecified atom stereocenters. The maximum Gasteiger partial charge on any atom is 0.243 e. The van der Waals surface area contributed by atoms with Gasteiger partial charge in [0.2, 0.25) is 6.33 Å². The first-order valence-electron chi connectivity index (χ1n) is 5.17. The molecular formula is C10H20N3S+. The van der Waals surface area contributed by atoms with Crippen LogP contribution in [0.3, 0.4) is 0 Å². The lowest BCUT2D eigenvalue weighted by Gasteiger charge is -1.95. The Labute approximate surface area is 91.5 Å². The van der Waals surface area contributed by atoms with Crippen molar-refractivity contribution >= 4 is 12.6 Å². The molecule has 1 N–H and O–H groups in total. The average molecular weight is 214 g/mol. The molecular weight excluding hydrogens is 194 g/mol. The number of nitrogens with zero attached hydrogens (tertiary/aromatic N) is 2. The van der Waals surface area contributed by atoms with Crippen LogP contribution in [0.25, 0.3) is 0 Å². The van der Waals surface area contributed by atoms with Crippen LogP contribution in [0.15, 0.2) is 18.7 Å². The minimum atomic E-state index is 0.987. The van der Waals surface area contributed by atoms with Crippen molar-refractivity contribution in [2.75, 3.05) is 19.3 Å². The predicted octanol–water partition coefficient (Wildman–Crippen LogP) is 0.705. The van der Waals surface area contributed by atoms with Crippen LogP contribution in [0.1, 0.15) is 12.8 Å². The molecule has 0 fully saturated rings. The summed E-state index contributed by atoms with van der Waals surface area (Å²) < 4.78 is 4.44. The number of hydrogen-bond donors (Lipinski definition) is 2. The van der Waals surface area contributed by atoms with E-state index in [-0.39, 0.29) is 0 Å². The summed E-state index contributed by atoms with van der Waals surface area (Å²) in [5.74, 6) is 0.987. The van der Waals surface area contributed by atoms with Gasteiger partial charge in [0, 0.05) is 6.54 Å². The first-order chi connectivity index (χ1) is 6.86. The minimum Gasteiger partial charge on any atom is -0.316 e. The highest BCUT2D eigenvalue weighted by atomic mass is 32.1. The Morgan fingerprint density at radius 1 is 1.43 bits per heavy atom. The topological polar surface area (TPSA) is 20.8 Å². The summed E-state index contributed by atoms with van der Waals surface area (Å²) in [4.78, 5) is 0. The molecule has 1 rings (SSSR count). The number of likely N-dealkylation sites (N-methyl/N-ethyl adjacent to an activating group) is 1. The second-order valence-electron chi connectivity index (χ2n) is 3.42. The van der Waals surface area contributed by atoms with E-state index in [2.05, 4.69) is 45.8 Å². The van der Waals surface area contributed by atoms with Crippen LogP contribution >= 0.6 is 12.6 Å².